The number of hydrogen-bond acceptors (Lipinski definition) is 3. The Balaban J connectivity index is 1.68. The molecule has 5 nitrogen and oxygen atoms in total. The van der Waals surface area contributed by atoms with Crippen molar-refractivity contribution in [2.75, 3.05) is 13.1 Å². The number of nitrogens with one attached hydrogen (secondary N) is 1. The monoisotopic (exact) mass is 286 g/mol. The van der Waals surface area contributed by atoms with Crippen molar-refractivity contribution in [2.45, 2.75) is 25.3 Å². The Kier molecular flexibility index (Phi) is 3.75. The Morgan fingerprint density at radius 2 is 2.14 bits per heavy atom. The van der Waals surface area contributed by atoms with Gasteiger partial charge in [0, 0.05) is 35.6 Å². The van der Waals surface area contributed by atoms with Crippen molar-refractivity contribution in [1.29, 1.82) is 0 Å². The topological polar surface area (TPSA) is 73.4 Å². The maximum atomic E-state index is 12.4. The molecule has 2 aromatic rings. The van der Waals surface area contributed by atoms with Crippen LogP contribution < -0.4 is 0 Å². The van der Waals surface area contributed by atoms with Crippen molar-refractivity contribution < 1.29 is 14.7 Å². The maximum absolute atomic E-state index is 12.4. The van der Waals surface area contributed by atoms with Crippen LogP contribution in [0.2, 0.25) is 0 Å². The molecule has 0 aliphatic carbocycles. The number of carboxylic acids is 1. The lowest BCUT2D eigenvalue weighted by Gasteiger charge is -2.20. The van der Waals surface area contributed by atoms with Crippen molar-refractivity contribution in [3.05, 3.63) is 36.0 Å². The Bertz CT molecular complexity index is 677. The summed E-state index contributed by atoms with van der Waals surface area (Å²) in [6, 6.07) is 7.27. The highest BCUT2D eigenvalue weighted by Crippen LogP contribution is 2.21. The third-order valence-corrected chi connectivity index (χ3v) is 4.16. The lowest BCUT2D eigenvalue weighted by Crippen LogP contribution is -2.37. The Morgan fingerprint density at radius 3 is 2.95 bits per heavy atom. The Morgan fingerprint density at radius 1 is 1.33 bits per heavy atom. The van der Waals surface area contributed by atoms with Crippen molar-refractivity contribution >= 4 is 22.7 Å². The molecule has 110 valence electrons. The van der Waals surface area contributed by atoms with E-state index in [1.54, 1.807) is 6.20 Å². The van der Waals surface area contributed by atoms with Gasteiger partial charge in [0.15, 0.2) is 5.78 Å². The van der Waals surface area contributed by atoms with E-state index in [2.05, 4.69) is 4.98 Å². The summed E-state index contributed by atoms with van der Waals surface area (Å²) >= 11 is 0. The minimum absolute atomic E-state index is 0.0588. The first-order valence-corrected chi connectivity index (χ1v) is 7.23. The van der Waals surface area contributed by atoms with Gasteiger partial charge in [-0.25, -0.2) is 0 Å². The average molecular weight is 286 g/mol. The molecule has 1 atom stereocenters. The third kappa shape index (κ3) is 2.69. The fraction of sp³-hybridized carbons (Fsp3) is 0.375. The summed E-state index contributed by atoms with van der Waals surface area (Å²) in [6.07, 6.45) is 3.66. The number of benzene rings is 1. The lowest BCUT2D eigenvalue weighted by atomic mass is 10.1. The number of hydrogen-bond donors (Lipinski definition) is 2. The predicted octanol–water partition coefficient (Wildman–Crippen LogP) is 2.29. The van der Waals surface area contributed by atoms with Crippen LogP contribution in [0.15, 0.2) is 30.5 Å². The van der Waals surface area contributed by atoms with Gasteiger partial charge in [-0.1, -0.05) is 18.2 Å². The van der Waals surface area contributed by atoms with Crippen molar-refractivity contribution in [2.24, 2.45) is 0 Å². The number of ketones is 1. The van der Waals surface area contributed by atoms with Crippen LogP contribution in [0, 0.1) is 0 Å². The van der Waals surface area contributed by atoms with Gasteiger partial charge in [-0.3, -0.25) is 14.5 Å². The number of carbonyl (C=O) groups is 2. The van der Waals surface area contributed by atoms with Gasteiger partial charge >= 0.3 is 5.97 Å². The first-order chi connectivity index (χ1) is 10.2. The van der Waals surface area contributed by atoms with E-state index in [-0.39, 0.29) is 5.78 Å². The van der Waals surface area contributed by atoms with Crippen molar-refractivity contribution in [3.8, 4) is 0 Å². The molecule has 0 spiro atoms. The molecule has 1 saturated heterocycles. The number of likely N-dealkylation sites (tertiary alicyclic amines) is 1. The molecule has 3 rings (SSSR count). The summed E-state index contributed by atoms with van der Waals surface area (Å²) in [5, 5.41) is 10.1. The molecule has 0 radical (unpaired) electrons. The number of aromatic nitrogens is 1. The molecule has 2 N–H and O–H groups in total. The second kappa shape index (κ2) is 5.69. The van der Waals surface area contributed by atoms with Crippen LogP contribution in [0.4, 0.5) is 0 Å². The lowest BCUT2D eigenvalue weighted by molar-refractivity contribution is -0.142. The quantitative estimate of drug-likeness (QED) is 0.827. The van der Waals surface area contributed by atoms with E-state index in [1.165, 1.54) is 0 Å². The zero-order valence-corrected chi connectivity index (χ0v) is 11.7. The SMILES string of the molecule is O=C(CCN1CCCC1C(=O)O)c1c[nH]c2ccccc12. The summed E-state index contributed by atoms with van der Waals surface area (Å²) in [5.41, 5.74) is 1.64. The number of carboxylic acid groups (broad SMARTS) is 1. The molecule has 5 heteroatoms. The molecule has 1 aliphatic rings. The maximum Gasteiger partial charge on any atom is 0.320 e. The zero-order valence-electron chi connectivity index (χ0n) is 11.7. The predicted molar refractivity (Wildman–Crippen MR) is 79.5 cm³/mol. The number of aliphatic carboxylic acids is 1. The number of nitrogens with zero attached hydrogens (tertiary/aromatic N) is 1. The molecule has 0 saturated carbocycles. The first kappa shape index (κ1) is 13.8. The van der Waals surface area contributed by atoms with E-state index in [4.69, 9.17) is 5.11 Å². The highest BCUT2D eigenvalue weighted by molar-refractivity contribution is 6.07. The highest BCUT2D eigenvalue weighted by Gasteiger charge is 2.30. The molecule has 0 amide bonds. The van der Waals surface area contributed by atoms with E-state index in [0.717, 1.165) is 23.9 Å². The van der Waals surface area contributed by atoms with Gasteiger partial charge < -0.3 is 10.1 Å². The number of fused-ring (bicyclic) bond motifs is 1. The van der Waals surface area contributed by atoms with Gasteiger partial charge in [0.05, 0.1) is 0 Å². The van der Waals surface area contributed by atoms with E-state index in [0.29, 0.717) is 24.9 Å². The second-order valence-electron chi connectivity index (χ2n) is 5.45. The van der Waals surface area contributed by atoms with Gasteiger partial charge in [-0.15, -0.1) is 0 Å². The van der Waals surface area contributed by atoms with Gasteiger partial charge in [0.1, 0.15) is 6.04 Å². The molecular weight excluding hydrogens is 268 g/mol. The summed E-state index contributed by atoms with van der Waals surface area (Å²) in [4.78, 5) is 28.5. The first-order valence-electron chi connectivity index (χ1n) is 7.23. The summed E-state index contributed by atoms with van der Waals surface area (Å²) in [6.45, 7) is 1.27. The minimum Gasteiger partial charge on any atom is -0.480 e. The van der Waals surface area contributed by atoms with Crippen LogP contribution in [0.25, 0.3) is 10.9 Å². The largest absolute Gasteiger partial charge is 0.480 e. The number of rotatable bonds is 5. The van der Waals surface area contributed by atoms with Gasteiger partial charge in [0.25, 0.3) is 0 Å². The normalized spacial score (nSPS) is 19.1. The molecule has 1 aromatic heterocycles. The Hall–Kier alpha value is -2.14. The Labute approximate surface area is 122 Å². The van der Waals surface area contributed by atoms with Crippen molar-refractivity contribution in [3.63, 3.8) is 0 Å². The third-order valence-electron chi connectivity index (χ3n) is 4.16. The van der Waals surface area contributed by atoms with Crippen molar-refractivity contribution in [1.82, 2.24) is 9.88 Å². The molecule has 1 aliphatic heterocycles. The van der Waals surface area contributed by atoms with Crippen LogP contribution >= 0.6 is 0 Å². The number of aromatic amines is 1. The molecule has 1 fully saturated rings. The summed E-state index contributed by atoms with van der Waals surface area (Å²) in [5.74, 6) is -0.726. The van der Waals surface area contributed by atoms with E-state index < -0.39 is 12.0 Å². The van der Waals surface area contributed by atoms with Crippen LogP contribution in [-0.2, 0) is 4.79 Å². The van der Waals surface area contributed by atoms with E-state index in [9.17, 15) is 9.59 Å². The zero-order chi connectivity index (χ0) is 14.8. The second-order valence-corrected chi connectivity index (χ2v) is 5.45. The van der Waals surface area contributed by atoms with Gasteiger partial charge in [-0.05, 0) is 25.5 Å². The molecule has 0 bridgehead atoms. The number of H-pyrrole nitrogens is 1. The molecular formula is C16H18N2O3. The highest BCUT2D eigenvalue weighted by atomic mass is 16.4. The van der Waals surface area contributed by atoms with E-state index in [1.807, 2.05) is 29.2 Å². The smallest absolute Gasteiger partial charge is 0.320 e. The number of Topliss-reactive ketones (excluding diaryl/α,β-unsaturated/α-hetero) is 1. The number of carbonyl (C=O) groups excluding carboxylic acids is 1. The van der Waals surface area contributed by atoms with Gasteiger partial charge in [-0.2, -0.15) is 0 Å². The van der Waals surface area contributed by atoms with E-state index >= 15 is 0 Å². The summed E-state index contributed by atoms with van der Waals surface area (Å²) in [7, 11) is 0. The molecule has 21 heavy (non-hydrogen) atoms. The van der Waals surface area contributed by atoms with Crippen LogP contribution in [-0.4, -0.2) is 45.9 Å². The molecule has 2 heterocycles. The summed E-state index contributed by atoms with van der Waals surface area (Å²) < 4.78 is 0. The average Bonchev–Trinajstić information content (AvgIpc) is 3.11. The number of para-hydroxylation sites is 1. The molecule has 1 aromatic carbocycles. The standard InChI is InChI=1S/C16H18N2O3/c19-15(7-9-18-8-3-6-14(18)16(20)21)12-10-17-13-5-2-1-4-11(12)13/h1-2,4-5,10,14,17H,3,6-9H2,(H,20,21). The van der Waals surface area contributed by atoms with Crippen LogP contribution in [0.1, 0.15) is 29.6 Å². The minimum atomic E-state index is -0.785. The molecule has 1 unspecified atom stereocenters. The fourth-order valence-corrected chi connectivity index (χ4v) is 3.06. The van der Waals surface area contributed by atoms with Gasteiger partial charge in [0.2, 0.25) is 0 Å². The van der Waals surface area contributed by atoms with Crippen LogP contribution in [0.5, 0.6) is 0 Å². The van der Waals surface area contributed by atoms with Crippen LogP contribution in [0.3, 0.4) is 0 Å². The fourth-order valence-electron chi connectivity index (χ4n) is 3.06.